The number of alkyl carbamates (subject to hydrolysis) is 1. The SMILES string of the molecule is COC(=O)[C@@H]1C[C@@H]2CN1C(=O)[C@H](C(C)(C)C)NC(=O)OCC(F)(F)CCc1cccc(c1)-c1nc3ccccc3nc1O2. The number of methoxy groups -OCH3 is 1. The molecule has 1 saturated heterocycles. The number of nitrogens with zero attached hydrogens (tertiary/aromatic N) is 3. The van der Waals surface area contributed by atoms with Gasteiger partial charge in [-0.25, -0.2) is 28.3 Å². The lowest BCUT2D eigenvalue weighted by molar-refractivity contribution is -0.152. The van der Waals surface area contributed by atoms with Crippen LogP contribution in [-0.2, 0) is 25.5 Å². The fourth-order valence-electron chi connectivity index (χ4n) is 5.32. The highest BCUT2D eigenvalue weighted by atomic mass is 19.3. The molecule has 3 atom stereocenters. The zero-order chi connectivity index (χ0) is 30.9. The second-order valence-electron chi connectivity index (χ2n) is 11.9. The number of alkyl halides is 2. The minimum absolute atomic E-state index is 0.00448. The fourth-order valence-corrected chi connectivity index (χ4v) is 5.32. The van der Waals surface area contributed by atoms with Crippen molar-refractivity contribution in [2.45, 2.75) is 64.1 Å². The van der Waals surface area contributed by atoms with E-state index in [4.69, 9.17) is 24.2 Å². The van der Waals surface area contributed by atoms with Crippen LogP contribution in [0.3, 0.4) is 0 Å². The Balaban J connectivity index is 1.60. The minimum atomic E-state index is -3.32. The lowest BCUT2D eigenvalue weighted by Crippen LogP contribution is -2.57. The molecule has 1 fully saturated rings. The van der Waals surface area contributed by atoms with Crippen LogP contribution in [0.2, 0.25) is 0 Å². The van der Waals surface area contributed by atoms with E-state index in [0.717, 1.165) is 0 Å². The van der Waals surface area contributed by atoms with Gasteiger partial charge in [-0.3, -0.25) is 4.79 Å². The molecule has 2 aliphatic heterocycles. The van der Waals surface area contributed by atoms with Gasteiger partial charge in [0.25, 0.3) is 5.92 Å². The molecule has 3 heterocycles. The number of nitrogens with one attached hydrogen (secondary N) is 1. The van der Waals surface area contributed by atoms with Gasteiger partial charge in [0.15, 0.2) is 6.61 Å². The van der Waals surface area contributed by atoms with Gasteiger partial charge in [0.1, 0.15) is 23.9 Å². The second-order valence-corrected chi connectivity index (χ2v) is 11.9. The van der Waals surface area contributed by atoms with Gasteiger partial charge in [0.2, 0.25) is 11.8 Å². The normalized spacial score (nSPS) is 22.8. The van der Waals surface area contributed by atoms with E-state index >= 15 is 0 Å². The average molecular weight is 597 g/mol. The van der Waals surface area contributed by atoms with Crippen LogP contribution in [0, 0.1) is 5.41 Å². The molecule has 0 unspecified atom stereocenters. The first-order valence-electron chi connectivity index (χ1n) is 14.1. The maximum atomic E-state index is 14.8. The number of carbonyl (C=O) groups is 3. The molecular formula is C31H34F2N4O6. The summed E-state index contributed by atoms with van der Waals surface area (Å²) >= 11 is 0. The number of rotatable bonds is 1. The smallest absolute Gasteiger partial charge is 0.408 e. The predicted octanol–water partition coefficient (Wildman–Crippen LogP) is 4.54. The molecule has 1 aromatic heterocycles. The Morgan fingerprint density at radius 2 is 1.81 bits per heavy atom. The summed E-state index contributed by atoms with van der Waals surface area (Å²) in [6.07, 6.45) is -2.30. The number of esters is 1. The number of benzene rings is 2. The number of para-hydroxylation sites is 2. The Morgan fingerprint density at radius 3 is 2.51 bits per heavy atom. The number of aromatic nitrogens is 2. The minimum Gasteiger partial charge on any atom is -0.471 e. The largest absolute Gasteiger partial charge is 0.471 e. The molecule has 43 heavy (non-hydrogen) atoms. The molecule has 228 valence electrons. The standard InChI is InChI=1S/C31H34F2N4O6/c1-30(2,3)25-27(38)37-16-20(15-23(37)28(39)41-4)43-26-24(34-21-10-5-6-11-22(21)35-26)19-9-7-8-18(14-19)12-13-31(32,33)17-42-29(40)36-25/h5-11,14,20,23,25H,12-13,15-17H2,1-4H3,(H,36,40)/t20-,23+,25-/m1/s1. The number of carbonyl (C=O) groups excluding carboxylic acids is 3. The van der Waals surface area contributed by atoms with E-state index in [0.29, 0.717) is 27.9 Å². The molecule has 12 heteroatoms. The molecule has 10 nitrogen and oxygen atoms in total. The summed E-state index contributed by atoms with van der Waals surface area (Å²) in [7, 11) is 1.22. The van der Waals surface area contributed by atoms with E-state index < -0.39 is 60.5 Å². The summed E-state index contributed by atoms with van der Waals surface area (Å²) in [4.78, 5) is 50.2. The van der Waals surface area contributed by atoms with E-state index in [1.807, 2.05) is 18.2 Å². The highest BCUT2D eigenvalue weighted by molar-refractivity contribution is 5.91. The molecule has 0 saturated carbocycles. The first kappa shape index (κ1) is 30.1. The van der Waals surface area contributed by atoms with E-state index in [-0.39, 0.29) is 25.3 Å². The van der Waals surface area contributed by atoms with Gasteiger partial charge in [-0.15, -0.1) is 0 Å². The summed E-state index contributed by atoms with van der Waals surface area (Å²) in [5, 5.41) is 2.45. The molecule has 3 aromatic rings. The fraction of sp³-hybridized carbons (Fsp3) is 0.452. The van der Waals surface area contributed by atoms with Crippen LogP contribution >= 0.6 is 0 Å². The third kappa shape index (κ3) is 6.68. The maximum Gasteiger partial charge on any atom is 0.408 e. The summed E-state index contributed by atoms with van der Waals surface area (Å²) in [5.41, 5.74) is 1.95. The number of hydrogen-bond donors (Lipinski definition) is 1. The van der Waals surface area contributed by atoms with Crippen molar-refractivity contribution in [2.24, 2.45) is 5.41 Å². The monoisotopic (exact) mass is 596 g/mol. The van der Waals surface area contributed by atoms with Crippen molar-refractivity contribution < 1.29 is 37.4 Å². The summed E-state index contributed by atoms with van der Waals surface area (Å²) in [5.74, 6) is -4.40. The zero-order valence-corrected chi connectivity index (χ0v) is 24.4. The Kier molecular flexibility index (Phi) is 8.22. The second kappa shape index (κ2) is 11.7. The molecular weight excluding hydrogens is 562 g/mol. The van der Waals surface area contributed by atoms with Crippen LogP contribution < -0.4 is 10.1 Å². The zero-order valence-electron chi connectivity index (χ0n) is 24.4. The van der Waals surface area contributed by atoms with Gasteiger partial charge in [-0.2, -0.15) is 0 Å². The van der Waals surface area contributed by atoms with Gasteiger partial charge < -0.3 is 24.4 Å². The number of amides is 2. The van der Waals surface area contributed by atoms with Crippen molar-refractivity contribution in [3.8, 4) is 17.1 Å². The maximum absolute atomic E-state index is 14.8. The molecule has 2 aliphatic rings. The average Bonchev–Trinajstić information content (AvgIpc) is 3.40. The van der Waals surface area contributed by atoms with Crippen LogP contribution in [0.4, 0.5) is 13.6 Å². The Morgan fingerprint density at radius 1 is 1.09 bits per heavy atom. The highest BCUT2D eigenvalue weighted by Gasteiger charge is 2.47. The first-order valence-corrected chi connectivity index (χ1v) is 14.1. The van der Waals surface area contributed by atoms with Crippen molar-refractivity contribution in [1.82, 2.24) is 20.2 Å². The topological polar surface area (TPSA) is 120 Å². The molecule has 5 rings (SSSR count). The van der Waals surface area contributed by atoms with Gasteiger partial charge in [0, 0.05) is 18.4 Å². The van der Waals surface area contributed by atoms with E-state index in [2.05, 4.69) is 5.32 Å². The Hall–Kier alpha value is -4.35. The van der Waals surface area contributed by atoms with Crippen LogP contribution in [-0.4, -0.2) is 77.2 Å². The molecule has 2 amide bonds. The lowest BCUT2D eigenvalue weighted by atomic mass is 9.85. The molecule has 1 N–H and O–H groups in total. The van der Waals surface area contributed by atoms with Crippen molar-refractivity contribution in [2.75, 3.05) is 20.3 Å². The number of halogens is 2. The van der Waals surface area contributed by atoms with Gasteiger partial charge in [0.05, 0.1) is 24.7 Å². The lowest BCUT2D eigenvalue weighted by Gasteiger charge is -2.34. The summed E-state index contributed by atoms with van der Waals surface area (Å²) in [6, 6.07) is 12.0. The first-order chi connectivity index (χ1) is 20.3. The quantitative estimate of drug-likeness (QED) is 0.407. The third-order valence-corrected chi connectivity index (χ3v) is 7.61. The van der Waals surface area contributed by atoms with Crippen LogP contribution in [0.1, 0.15) is 39.2 Å². The summed E-state index contributed by atoms with van der Waals surface area (Å²) in [6.45, 7) is 3.94. The van der Waals surface area contributed by atoms with Crippen molar-refractivity contribution in [3.63, 3.8) is 0 Å². The van der Waals surface area contributed by atoms with E-state index in [9.17, 15) is 23.2 Å². The number of fused-ring (bicyclic) bond motifs is 7. The number of cyclic esters (lactones) is 1. The number of hydrogen-bond acceptors (Lipinski definition) is 8. The molecule has 2 aromatic carbocycles. The number of ether oxygens (including phenoxy) is 3. The molecule has 0 spiro atoms. The van der Waals surface area contributed by atoms with Crippen molar-refractivity contribution >= 4 is 29.0 Å². The van der Waals surface area contributed by atoms with E-state index in [1.165, 1.54) is 12.0 Å². The van der Waals surface area contributed by atoms with Crippen LogP contribution in [0.25, 0.3) is 22.3 Å². The van der Waals surface area contributed by atoms with Crippen LogP contribution in [0.15, 0.2) is 48.5 Å². The van der Waals surface area contributed by atoms with Gasteiger partial charge >= 0.3 is 12.1 Å². The van der Waals surface area contributed by atoms with Gasteiger partial charge in [-0.1, -0.05) is 51.1 Å². The Bertz CT molecular complexity index is 1540. The molecule has 4 bridgehead atoms. The Labute approximate surface area is 247 Å². The van der Waals surface area contributed by atoms with Gasteiger partial charge in [-0.05, 0) is 35.6 Å². The predicted molar refractivity (Wildman–Crippen MR) is 153 cm³/mol. The third-order valence-electron chi connectivity index (χ3n) is 7.61. The van der Waals surface area contributed by atoms with Crippen molar-refractivity contribution in [3.05, 3.63) is 54.1 Å². The summed E-state index contributed by atoms with van der Waals surface area (Å²) < 4.78 is 45.9. The molecule has 0 aliphatic carbocycles. The highest BCUT2D eigenvalue weighted by Crippen LogP contribution is 2.34. The van der Waals surface area contributed by atoms with Crippen LogP contribution in [0.5, 0.6) is 5.88 Å². The molecule has 0 radical (unpaired) electrons. The van der Waals surface area contributed by atoms with E-state index in [1.54, 1.807) is 51.1 Å². The van der Waals surface area contributed by atoms with Crippen molar-refractivity contribution in [1.29, 1.82) is 0 Å². The number of aryl methyl sites for hydroxylation is 1.